The maximum absolute atomic E-state index is 10.9. The van der Waals surface area contributed by atoms with Crippen molar-refractivity contribution in [2.45, 2.75) is 57.4 Å². The van der Waals surface area contributed by atoms with Gasteiger partial charge in [0.15, 0.2) is 0 Å². The number of likely N-dealkylation sites (tertiary alicyclic amines) is 2. The van der Waals surface area contributed by atoms with Gasteiger partial charge in [-0.3, -0.25) is 0 Å². The summed E-state index contributed by atoms with van der Waals surface area (Å²) in [6, 6.07) is 0.827. The standard InChI is InChI=1S/C20H35N3O/c24-16-18-3-9-23(10-4-18)19-13-20(14-19)5-11-22(12-6-20)15-17-1-7-21-8-2-17/h16-19,21H,1-15H2. The molecule has 24 heavy (non-hydrogen) atoms. The summed E-state index contributed by atoms with van der Waals surface area (Å²) >= 11 is 0. The van der Waals surface area contributed by atoms with Crippen molar-refractivity contribution < 1.29 is 4.79 Å². The average Bonchev–Trinajstić information content (AvgIpc) is 2.62. The van der Waals surface area contributed by atoms with Crippen LogP contribution < -0.4 is 5.32 Å². The molecule has 3 aliphatic heterocycles. The molecule has 4 nitrogen and oxygen atoms in total. The first-order valence-electron chi connectivity index (χ1n) is 10.4. The summed E-state index contributed by atoms with van der Waals surface area (Å²) in [5.41, 5.74) is 0.677. The predicted molar refractivity (Wildman–Crippen MR) is 97.1 cm³/mol. The van der Waals surface area contributed by atoms with E-state index < -0.39 is 0 Å². The Morgan fingerprint density at radius 3 is 2.25 bits per heavy atom. The fourth-order valence-corrected chi connectivity index (χ4v) is 5.67. The minimum Gasteiger partial charge on any atom is -0.317 e. The van der Waals surface area contributed by atoms with Crippen LogP contribution in [0.5, 0.6) is 0 Å². The topological polar surface area (TPSA) is 35.6 Å². The molecule has 3 saturated heterocycles. The molecule has 0 radical (unpaired) electrons. The van der Waals surface area contributed by atoms with Gasteiger partial charge in [-0.25, -0.2) is 0 Å². The molecule has 4 heteroatoms. The van der Waals surface area contributed by atoms with E-state index in [4.69, 9.17) is 0 Å². The summed E-state index contributed by atoms with van der Waals surface area (Å²) in [7, 11) is 0. The number of rotatable bonds is 4. The lowest BCUT2D eigenvalue weighted by atomic mass is 9.59. The van der Waals surface area contributed by atoms with Crippen LogP contribution in [0.15, 0.2) is 0 Å². The number of hydrogen-bond acceptors (Lipinski definition) is 4. The van der Waals surface area contributed by atoms with Crippen molar-refractivity contribution >= 4 is 6.29 Å². The van der Waals surface area contributed by atoms with Crippen molar-refractivity contribution in [2.24, 2.45) is 17.3 Å². The van der Waals surface area contributed by atoms with Crippen molar-refractivity contribution in [3.63, 3.8) is 0 Å². The molecule has 0 aromatic rings. The van der Waals surface area contributed by atoms with Gasteiger partial charge in [-0.05, 0) is 102 Å². The molecule has 0 aromatic heterocycles. The van der Waals surface area contributed by atoms with Gasteiger partial charge < -0.3 is 19.9 Å². The van der Waals surface area contributed by atoms with E-state index in [1.807, 2.05) is 0 Å². The molecule has 4 aliphatic rings. The zero-order valence-electron chi connectivity index (χ0n) is 15.2. The van der Waals surface area contributed by atoms with Crippen molar-refractivity contribution in [1.82, 2.24) is 15.1 Å². The number of piperidine rings is 3. The smallest absolute Gasteiger partial charge is 0.123 e. The third-order valence-corrected chi connectivity index (χ3v) is 7.51. The Kier molecular flexibility index (Phi) is 5.26. The maximum atomic E-state index is 10.9. The SMILES string of the molecule is O=CC1CCN(C2CC3(CCN(CC4CCNCC4)CC3)C2)CC1. The largest absolute Gasteiger partial charge is 0.317 e. The molecule has 1 N–H and O–H groups in total. The highest BCUT2D eigenvalue weighted by molar-refractivity contribution is 5.53. The number of carbonyl (C=O) groups is 1. The molecule has 0 atom stereocenters. The third-order valence-electron chi connectivity index (χ3n) is 7.51. The van der Waals surface area contributed by atoms with E-state index in [2.05, 4.69) is 15.1 Å². The lowest BCUT2D eigenvalue weighted by Crippen LogP contribution is -2.56. The van der Waals surface area contributed by atoms with E-state index in [0.29, 0.717) is 11.3 Å². The summed E-state index contributed by atoms with van der Waals surface area (Å²) in [6.07, 6.45) is 11.8. The highest BCUT2D eigenvalue weighted by atomic mass is 16.1. The van der Waals surface area contributed by atoms with Crippen LogP contribution in [0.3, 0.4) is 0 Å². The third kappa shape index (κ3) is 3.71. The van der Waals surface area contributed by atoms with Crippen molar-refractivity contribution in [1.29, 1.82) is 0 Å². The van der Waals surface area contributed by atoms with Crippen molar-refractivity contribution in [2.75, 3.05) is 45.8 Å². The summed E-state index contributed by atoms with van der Waals surface area (Å²) < 4.78 is 0. The second-order valence-electron chi connectivity index (χ2n) is 9.07. The van der Waals surface area contributed by atoms with Gasteiger partial charge in [0, 0.05) is 18.5 Å². The number of nitrogens with zero attached hydrogens (tertiary/aromatic N) is 2. The average molecular weight is 334 g/mol. The maximum Gasteiger partial charge on any atom is 0.123 e. The van der Waals surface area contributed by atoms with Gasteiger partial charge in [0.05, 0.1) is 0 Å². The first-order valence-corrected chi connectivity index (χ1v) is 10.4. The van der Waals surface area contributed by atoms with Crippen LogP contribution >= 0.6 is 0 Å². The summed E-state index contributed by atoms with van der Waals surface area (Å²) in [4.78, 5) is 16.4. The molecule has 4 fully saturated rings. The zero-order chi connectivity index (χ0) is 16.4. The molecular weight excluding hydrogens is 298 g/mol. The molecule has 1 spiro atoms. The van der Waals surface area contributed by atoms with Gasteiger partial charge in [-0.1, -0.05) is 0 Å². The van der Waals surface area contributed by atoms with Crippen LogP contribution in [-0.4, -0.2) is 67.9 Å². The van der Waals surface area contributed by atoms with E-state index in [1.165, 1.54) is 77.5 Å². The van der Waals surface area contributed by atoms with Gasteiger partial charge in [-0.2, -0.15) is 0 Å². The number of nitrogens with one attached hydrogen (secondary N) is 1. The molecule has 1 saturated carbocycles. The quantitative estimate of drug-likeness (QED) is 0.800. The van der Waals surface area contributed by atoms with Gasteiger partial charge in [-0.15, -0.1) is 0 Å². The zero-order valence-corrected chi connectivity index (χ0v) is 15.2. The first-order chi connectivity index (χ1) is 11.8. The molecule has 4 rings (SSSR count). The van der Waals surface area contributed by atoms with Gasteiger partial charge in [0.25, 0.3) is 0 Å². The van der Waals surface area contributed by atoms with E-state index >= 15 is 0 Å². The normalized spacial score (nSPS) is 31.2. The van der Waals surface area contributed by atoms with Crippen LogP contribution in [0.4, 0.5) is 0 Å². The molecule has 0 unspecified atom stereocenters. The fourth-order valence-electron chi connectivity index (χ4n) is 5.67. The van der Waals surface area contributed by atoms with Crippen LogP contribution in [0.2, 0.25) is 0 Å². The van der Waals surface area contributed by atoms with Crippen LogP contribution in [0.1, 0.15) is 51.4 Å². The highest BCUT2D eigenvalue weighted by Crippen LogP contribution is 2.51. The second-order valence-corrected chi connectivity index (χ2v) is 9.07. The van der Waals surface area contributed by atoms with Gasteiger partial charge >= 0.3 is 0 Å². The molecule has 0 aromatic carbocycles. The Morgan fingerprint density at radius 1 is 0.958 bits per heavy atom. The summed E-state index contributed by atoms with van der Waals surface area (Å²) in [5, 5.41) is 3.48. The molecule has 0 bridgehead atoms. The number of hydrogen-bond donors (Lipinski definition) is 1. The van der Waals surface area contributed by atoms with Crippen LogP contribution in [0.25, 0.3) is 0 Å². The van der Waals surface area contributed by atoms with E-state index in [-0.39, 0.29) is 0 Å². The van der Waals surface area contributed by atoms with E-state index in [9.17, 15) is 4.79 Å². The minimum atomic E-state index is 0.341. The molecule has 3 heterocycles. The van der Waals surface area contributed by atoms with Gasteiger partial charge in [0.2, 0.25) is 0 Å². The Morgan fingerprint density at radius 2 is 1.62 bits per heavy atom. The minimum absolute atomic E-state index is 0.341. The van der Waals surface area contributed by atoms with Crippen molar-refractivity contribution in [3.05, 3.63) is 0 Å². The van der Waals surface area contributed by atoms with E-state index in [0.717, 1.165) is 37.9 Å². The second kappa shape index (κ2) is 7.43. The molecule has 136 valence electrons. The monoisotopic (exact) mass is 333 g/mol. The molecule has 1 aliphatic carbocycles. The Hall–Kier alpha value is -0.450. The predicted octanol–water partition coefficient (Wildman–Crippen LogP) is 2.14. The summed E-state index contributed by atoms with van der Waals surface area (Å²) in [6.45, 7) is 8.79. The highest BCUT2D eigenvalue weighted by Gasteiger charge is 2.48. The first kappa shape index (κ1) is 17.0. The Bertz CT molecular complexity index is 411. The van der Waals surface area contributed by atoms with E-state index in [1.54, 1.807) is 0 Å². The lowest BCUT2D eigenvalue weighted by Gasteiger charge is -2.56. The van der Waals surface area contributed by atoms with Crippen LogP contribution in [-0.2, 0) is 4.79 Å². The lowest BCUT2D eigenvalue weighted by molar-refractivity contribution is -0.113. The van der Waals surface area contributed by atoms with Gasteiger partial charge in [0.1, 0.15) is 6.29 Å². The number of carbonyl (C=O) groups excluding carboxylic acids is 1. The van der Waals surface area contributed by atoms with Crippen molar-refractivity contribution in [3.8, 4) is 0 Å². The number of aldehydes is 1. The van der Waals surface area contributed by atoms with Crippen LogP contribution in [0, 0.1) is 17.3 Å². The molecular formula is C20H35N3O. The Balaban J connectivity index is 1.18. The Labute approximate surface area is 147 Å². The molecule has 0 amide bonds. The summed E-state index contributed by atoms with van der Waals surface area (Å²) in [5.74, 6) is 1.28. The fraction of sp³-hybridized carbons (Fsp3) is 0.950.